The van der Waals surface area contributed by atoms with Crippen molar-refractivity contribution in [1.82, 2.24) is 14.9 Å². The van der Waals surface area contributed by atoms with Crippen LogP contribution in [0.3, 0.4) is 0 Å². The first kappa shape index (κ1) is 9.87. The van der Waals surface area contributed by atoms with Crippen LogP contribution in [0.25, 0.3) is 0 Å². The predicted molar refractivity (Wildman–Crippen MR) is 56.5 cm³/mol. The highest BCUT2D eigenvalue weighted by atomic mass is 35.5. The molecule has 0 aliphatic carbocycles. The average molecular weight is 212 g/mol. The van der Waals surface area contributed by atoms with E-state index in [0.717, 1.165) is 37.3 Å². The van der Waals surface area contributed by atoms with Crippen LogP contribution < -0.4 is 0 Å². The van der Waals surface area contributed by atoms with Gasteiger partial charge in [0, 0.05) is 30.8 Å². The lowest BCUT2D eigenvalue weighted by molar-refractivity contribution is 0.307. The third-order valence-corrected chi connectivity index (χ3v) is 2.81. The average Bonchev–Trinajstić information content (AvgIpc) is 2.17. The first-order valence-corrected chi connectivity index (χ1v) is 5.31. The summed E-state index contributed by atoms with van der Waals surface area (Å²) in [6.07, 6.45) is 1.92. The number of rotatable bonds is 1. The molecule has 76 valence electrons. The van der Waals surface area contributed by atoms with E-state index in [2.05, 4.69) is 28.8 Å². The lowest BCUT2D eigenvalue weighted by atomic mass is 10.0. The van der Waals surface area contributed by atoms with E-state index in [9.17, 15) is 0 Å². The van der Waals surface area contributed by atoms with E-state index < -0.39 is 0 Å². The van der Waals surface area contributed by atoms with Gasteiger partial charge in [-0.2, -0.15) is 0 Å². The van der Waals surface area contributed by atoms with Crippen LogP contribution in [-0.4, -0.2) is 28.5 Å². The molecule has 14 heavy (non-hydrogen) atoms. The molecule has 2 rings (SSSR count). The fourth-order valence-electron chi connectivity index (χ4n) is 1.88. The summed E-state index contributed by atoms with van der Waals surface area (Å²) in [6.45, 7) is 4.12. The predicted octanol–water partition coefficient (Wildman–Crippen LogP) is 1.68. The van der Waals surface area contributed by atoms with Gasteiger partial charge in [0.05, 0.1) is 5.69 Å². The van der Waals surface area contributed by atoms with Crippen LogP contribution in [0.15, 0.2) is 0 Å². The third-order valence-electron chi connectivity index (χ3n) is 2.64. The topological polar surface area (TPSA) is 29.0 Å². The van der Waals surface area contributed by atoms with Crippen LogP contribution in [0.4, 0.5) is 0 Å². The Morgan fingerprint density at radius 2 is 2.21 bits per heavy atom. The van der Waals surface area contributed by atoms with Crippen molar-refractivity contribution in [3.63, 3.8) is 0 Å². The summed E-state index contributed by atoms with van der Waals surface area (Å²) in [4.78, 5) is 10.8. The van der Waals surface area contributed by atoms with E-state index in [1.807, 2.05) is 0 Å². The van der Waals surface area contributed by atoms with Crippen molar-refractivity contribution in [2.24, 2.45) is 0 Å². The molecule has 0 unspecified atom stereocenters. The SMILES string of the molecule is CCc1nc(Cl)nc2c1CN(C)CC2. The highest BCUT2D eigenvalue weighted by Gasteiger charge is 2.18. The van der Waals surface area contributed by atoms with Crippen LogP contribution in [-0.2, 0) is 19.4 Å². The van der Waals surface area contributed by atoms with Crippen molar-refractivity contribution in [1.29, 1.82) is 0 Å². The molecule has 1 aliphatic heterocycles. The zero-order valence-corrected chi connectivity index (χ0v) is 9.30. The van der Waals surface area contributed by atoms with Gasteiger partial charge in [-0.15, -0.1) is 0 Å². The van der Waals surface area contributed by atoms with Gasteiger partial charge in [-0.3, -0.25) is 0 Å². The molecule has 0 saturated carbocycles. The maximum atomic E-state index is 5.86. The summed E-state index contributed by atoms with van der Waals surface area (Å²) in [5.74, 6) is 0. The Morgan fingerprint density at radius 1 is 1.43 bits per heavy atom. The molecule has 0 radical (unpaired) electrons. The summed E-state index contributed by atoms with van der Waals surface area (Å²) < 4.78 is 0. The number of aromatic nitrogens is 2. The molecule has 1 aliphatic rings. The zero-order chi connectivity index (χ0) is 10.1. The smallest absolute Gasteiger partial charge is 0.222 e. The fraction of sp³-hybridized carbons (Fsp3) is 0.600. The molecule has 0 aromatic carbocycles. The third kappa shape index (κ3) is 1.74. The molecule has 0 spiro atoms. The van der Waals surface area contributed by atoms with E-state index in [0.29, 0.717) is 5.28 Å². The Labute approximate surface area is 89.1 Å². The molecular formula is C10H14ClN3. The molecular weight excluding hydrogens is 198 g/mol. The van der Waals surface area contributed by atoms with Crippen LogP contribution in [0.1, 0.15) is 23.9 Å². The molecule has 3 nitrogen and oxygen atoms in total. The molecule has 1 aromatic heterocycles. The maximum Gasteiger partial charge on any atom is 0.222 e. The minimum atomic E-state index is 0.394. The van der Waals surface area contributed by atoms with Crippen LogP contribution in [0.5, 0.6) is 0 Å². The lowest BCUT2D eigenvalue weighted by Crippen LogP contribution is -2.28. The molecule has 0 fully saturated rings. The summed E-state index contributed by atoms with van der Waals surface area (Å²) >= 11 is 5.86. The van der Waals surface area contributed by atoms with Crippen LogP contribution in [0, 0.1) is 0 Å². The number of hydrogen-bond donors (Lipinski definition) is 0. The highest BCUT2D eigenvalue weighted by molar-refractivity contribution is 6.28. The first-order chi connectivity index (χ1) is 6.70. The monoisotopic (exact) mass is 211 g/mol. The van der Waals surface area contributed by atoms with Gasteiger partial charge in [0.15, 0.2) is 0 Å². The second kappa shape index (κ2) is 3.83. The van der Waals surface area contributed by atoms with E-state index in [1.54, 1.807) is 0 Å². The number of aryl methyl sites for hydroxylation is 1. The van der Waals surface area contributed by atoms with Crippen molar-refractivity contribution in [3.8, 4) is 0 Å². The Hall–Kier alpha value is -0.670. The minimum absolute atomic E-state index is 0.394. The van der Waals surface area contributed by atoms with Gasteiger partial charge in [-0.05, 0) is 25.1 Å². The van der Waals surface area contributed by atoms with Gasteiger partial charge in [0.25, 0.3) is 0 Å². The van der Waals surface area contributed by atoms with Crippen molar-refractivity contribution in [3.05, 3.63) is 22.2 Å². The number of hydrogen-bond acceptors (Lipinski definition) is 3. The number of fused-ring (bicyclic) bond motifs is 1. The Bertz CT molecular complexity index is 334. The Kier molecular flexibility index (Phi) is 2.70. The molecule has 0 amide bonds. The summed E-state index contributed by atoms with van der Waals surface area (Å²) in [6, 6.07) is 0. The molecule has 0 saturated heterocycles. The quantitative estimate of drug-likeness (QED) is 0.662. The molecule has 4 heteroatoms. The standard InChI is InChI=1S/C10H14ClN3/c1-3-8-7-6-14(2)5-4-9(7)13-10(11)12-8/h3-6H2,1-2H3. The zero-order valence-electron chi connectivity index (χ0n) is 8.55. The second-order valence-corrected chi connectivity index (χ2v) is 4.04. The summed E-state index contributed by atoms with van der Waals surface area (Å²) in [5.41, 5.74) is 3.53. The van der Waals surface area contributed by atoms with Crippen LogP contribution >= 0.6 is 11.6 Å². The van der Waals surface area contributed by atoms with Gasteiger partial charge in [-0.1, -0.05) is 6.92 Å². The summed E-state index contributed by atoms with van der Waals surface area (Å²) in [7, 11) is 2.12. The van der Waals surface area contributed by atoms with Crippen molar-refractivity contribution < 1.29 is 0 Å². The van der Waals surface area contributed by atoms with E-state index >= 15 is 0 Å². The number of nitrogens with zero attached hydrogens (tertiary/aromatic N) is 3. The number of halogens is 1. The van der Waals surface area contributed by atoms with Crippen molar-refractivity contribution >= 4 is 11.6 Å². The Balaban J connectivity index is 2.47. The molecule has 1 aromatic rings. The van der Waals surface area contributed by atoms with Crippen molar-refractivity contribution in [2.75, 3.05) is 13.6 Å². The van der Waals surface area contributed by atoms with E-state index in [4.69, 9.17) is 11.6 Å². The van der Waals surface area contributed by atoms with Gasteiger partial charge in [0.1, 0.15) is 0 Å². The van der Waals surface area contributed by atoms with Gasteiger partial charge >= 0.3 is 0 Å². The van der Waals surface area contributed by atoms with E-state index in [1.165, 1.54) is 5.56 Å². The minimum Gasteiger partial charge on any atom is -0.302 e. The lowest BCUT2D eigenvalue weighted by Gasteiger charge is -2.25. The molecule has 2 heterocycles. The van der Waals surface area contributed by atoms with Crippen LogP contribution in [0.2, 0.25) is 5.28 Å². The molecule has 0 bridgehead atoms. The molecule has 0 atom stereocenters. The van der Waals surface area contributed by atoms with E-state index in [-0.39, 0.29) is 0 Å². The fourth-order valence-corrected chi connectivity index (χ4v) is 2.08. The van der Waals surface area contributed by atoms with Gasteiger partial charge < -0.3 is 4.90 Å². The highest BCUT2D eigenvalue weighted by Crippen LogP contribution is 2.20. The summed E-state index contributed by atoms with van der Waals surface area (Å²) in [5, 5.41) is 0.394. The largest absolute Gasteiger partial charge is 0.302 e. The maximum absolute atomic E-state index is 5.86. The van der Waals surface area contributed by atoms with Crippen molar-refractivity contribution in [2.45, 2.75) is 26.3 Å². The van der Waals surface area contributed by atoms with Gasteiger partial charge in [-0.25, -0.2) is 9.97 Å². The normalized spacial score (nSPS) is 16.8. The van der Waals surface area contributed by atoms with Gasteiger partial charge in [0.2, 0.25) is 5.28 Å². The molecule has 0 N–H and O–H groups in total. The Morgan fingerprint density at radius 3 is 2.93 bits per heavy atom. The number of likely N-dealkylation sites (N-methyl/N-ethyl adjacent to an activating group) is 1. The second-order valence-electron chi connectivity index (χ2n) is 3.71. The first-order valence-electron chi connectivity index (χ1n) is 4.93.